The van der Waals surface area contributed by atoms with Gasteiger partial charge in [0.05, 0.1) is 11.4 Å². The minimum absolute atomic E-state index is 0.326. The van der Waals surface area contributed by atoms with Crippen LogP contribution in [0, 0.1) is 5.41 Å². The van der Waals surface area contributed by atoms with E-state index in [2.05, 4.69) is 9.98 Å². The van der Waals surface area contributed by atoms with Crippen LogP contribution in [-0.2, 0) is 4.79 Å². The second-order valence-electron chi connectivity index (χ2n) is 4.16. The number of allylic oxidation sites excluding steroid dienone is 1. The molecule has 0 unspecified atom stereocenters. The van der Waals surface area contributed by atoms with Crippen molar-refractivity contribution in [3.63, 3.8) is 0 Å². The molecule has 5 heteroatoms. The first-order valence-corrected chi connectivity index (χ1v) is 4.44. The minimum atomic E-state index is -1.08. The maximum atomic E-state index is 11.0. The summed E-state index contributed by atoms with van der Waals surface area (Å²) < 4.78 is 0. The monoisotopic (exact) mass is 208 g/mol. The molecule has 15 heavy (non-hydrogen) atoms. The van der Waals surface area contributed by atoms with Gasteiger partial charge in [-0.05, 0) is 6.08 Å². The number of aliphatic carboxylic acids is 1. The van der Waals surface area contributed by atoms with Gasteiger partial charge in [0, 0.05) is 11.5 Å². The minimum Gasteiger partial charge on any atom is -0.478 e. The molecule has 0 fully saturated rings. The van der Waals surface area contributed by atoms with E-state index in [9.17, 15) is 9.59 Å². The SMILES string of the molecule is CC(C)(C)C1=NC(=O)N=C1C=CC(=O)O. The van der Waals surface area contributed by atoms with E-state index in [-0.39, 0.29) is 5.41 Å². The van der Waals surface area contributed by atoms with Crippen molar-refractivity contribution in [3.05, 3.63) is 12.2 Å². The van der Waals surface area contributed by atoms with Crippen LogP contribution >= 0.6 is 0 Å². The van der Waals surface area contributed by atoms with E-state index in [0.29, 0.717) is 11.4 Å². The van der Waals surface area contributed by atoms with Crippen molar-refractivity contribution in [2.75, 3.05) is 0 Å². The van der Waals surface area contributed by atoms with Crippen LogP contribution in [0.25, 0.3) is 0 Å². The third-order valence-electron chi connectivity index (χ3n) is 1.76. The van der Waals surface area contributed by atoms with Gasteiger partial charge in [0.1, 0.15) is 0 Å². The summed E-state index contributed by atoms with van der Waals surface area (Å²) in [5, 5.41) is 8.46. The summed E-state index contributed by atoms with van der Waals surface area (Å²) in [5.74, 6) is -1.08. The van der Waals surface area contributed by atoms with Crippen LogP contribution in [0.5, 0.6) is 0 Å². The highest BCUT2D eigenvalue weighted by atomic mass is 16.4. The van der Waals surface area contributed by atoms with Crippen LogP contribution in [0.3, 0.4) is 0 Å². The van der Waals surface area contributed by atoms with E-state index < -0.39 is 12.0 Å². The van der Waals surface area contributed by atoms with Gasteiger partial charge in [-0.2, -0.15) is 9.98 Å². The Bertz CT molecular complexity index is 397. The van der Waals surface area contributed by atoms with Gasteiger partial charge in [0.25, 0.3) is 0 Å². The molecule has 0 radical (unpaired) electrons. The molecule has 1 N–H and O–H groups in total. The van der Waals surface area contributed by atoms with E-state index >= 15 is 0 Å². The Morgan fingerprint density at radius 2 is 1.93 bits per heavy atom. The highest BCUT2D eigenvalue weighted by molar-refractivity contribution is 6.53. The van der Waals surface area contributed by atoms with E-state index in [1.165, 1.54) is 6.08 Å². The molecule has 0 spiro atoms. The summed E-state index contributed by atoms with van der Waals surface area (Å²) in [5.41, 5.74) is 0.522. The van der Waals surface area contributed by atoms with Crippen LogP contribution < -0.4 is 0 Å². The van der Waals surface area contributed by atoms with Gasteiger partial charge in [-0.3, -0.25) is 0 Å². The molecule has 0 atom stereocenters. The first-order valence-electron chi connectivity index (χ1n) is 4.44. The molecule has 0 aromatic rings. The predicted molar refractivity (Wildman–Crippen MR) is 56.5 cm³/mol. The van der Waals surface area contributed by atoms with Crippen LogP contribution in [0.2, 0.25) is 0 Å². The van der Waals surface area contributed by atoms with Gasteiger partial charge >= 0.3 is 12.0 Å². The van der Waals surface area contributed by atoms with E-state index in [1.807, 2.05) is 20.8 Å². The molecular formula is C10H12N2O3. The first-order chi connectivity index (χ1) is 6.80. The highest BCUT2D eigenvalue weighted by Gasteiger charge is 2.28. The lowest BCUT2D eigenvalue weighted by molar-refractivity contribution is -0.131. The number of amides is 2. The van der Waals surface area contributed by atoms with Gasteiger partial charge in [0.2, 0.25) is 0 Å². The zero-order chi connectivity index (χ0) is 11.6. The molecule has 5 nitrogen and oxygen atoms in total. The number of carboxylic acid groups (broad SMARTS) is 1. The molecule has 1 rings (SSSR count). The molecule has 0 bridgehead atoms. The average Bonchev–Trinajstić information content (AvgIpc) is 2.42. The largest absolute Gasteiger partial charge is 0.478 e. The quantitative estimate of drug-likeness (QED) is 0.701. The fourth-order valence-corrected chi connectivity index (χ4v) is 1.15. The molecule has 2 amide bonds. The molecule has 0 aliphatic carbocycles. The molecule has 0 saturated carbocycles. The van der Waals surface area contributed by atoms with Crippen LogP contribution in [0.15, 0.2) is 22.1 Å². The normalized spacial score (nSPS) is 16.9. The Balaban J connectivity index is 3.00. The van der Waals surface area contributed by atoms with Crippen molar-refractivity contribution >= 4 is 23.4 Å². The smallest absolute Gasteiger partial charge is 0.367 e. The van der Waals surface area contributed by atoms with Gasteiger partial charge in [0.15, 0.2) is 0 Å². The number of nitrogens with zero attached hydrogens (tertiary/aromatic N) is 2. The number of rotatable bonds is 2. The number of hydrogen-bond acceptors (Lipinski definition) is 2. The van der Waals surface area contributed by atoms with Gasteiger partial charge < -0.3 is 5.11 Å². The maximum absolute atomic E-state index is 11.0. The maximum Gasteiger partial charge on any atom is 0.367 e. The third-order valence-corrected chi connectivity index (χ3v) is 1.76. The second-order valence-corrected chi connectivity index (χ2v) is 4.16. The zero-order valence-electron chi connectivity index (χ0n) is 8.81. The van der Waals surface area contributed by atoms with Crippen LogP contribution in [0.4, 0.5) is 4.79 Å². The lowest BCUT2D eigenvalue weighted by Crippen LogP contribution is -2.25. The Kier molecular flexibility index (Phi) is 2.83. The topological polar surface area (TPSA) is 79.1 Å². The molecular weight excluding hydrogens is 196 g/mol. The van der Waals surface area contributed by atoms with E-state index in [0.717, 1.165) is 6.08 Å². The number of hydrogen-bond donors (Lipinski definition) is 1. The van der Waals surface area contributed by atoms with Crippen LogP contribution in [-0.4, -0.2) is 28.5 Å². The third kappa shape index (κ3) is 2.83. The Labute approximate surface area is 87.2 Å². The highest BCUT2D eigenvalue weighted by Crippen LogP contribution is 2.21. The number of carbonyl (C=O) groups excluding carboxylic acids is 1. The number of carboxylic acids is 1. The number of carbonyl (C=O) groups is 2. The van der Waals surface area contributed by atoms with Crippen LogP contribution in [0.1, 0.15) is 20.8 Å². The number of aliphatic imine (C=N–C) groups is 2. The Morgan fingerprint density at radius 3 is 2.40 bits per heavy atom. The summed E-state index contributed by atoms with van der Waals surface area (Å²) in [6.07, 6.45) is 2.23. The van der Waals surface area contributed by atoms with Crippen molar-refractivity contribution in [3.8, 4) is 0 Å². The van der Waals surface area contributed by atoms with Crippen molar-refractivity contribution in [2.45, 2.75) is 20.8 Å². The van der Waals surface area contributed by atoms with Gasteiger partial charge in [-0.25, -0.2) is 9.59 Å². The average molecular weight is 208 g/mol. The van der Waals surface area contributed by atoms with E-state index in [4.69, 9.17) is 5.11 Å². The Morgan fingerprint density at radius 1 is 1.33 bits per heavy atom. The summed E-state index contributed by atoms with van der Waals surface area (Å²) in [6.45, 7) is 5.65. The Hall–Kier alpha value is -1.78. The lowest BCUT2D eigenvalue weighted by Gasteiger charge is -2.17. The van der Waals surface area contributed by atoms with Crippen molar-refractivity contribution in [2.24, 2.45) is 15.4 Å². The lowest BCUT2D eigenvalue weighted by atomic mass is 9.87. The molecule has 1 heterocycles. The fraction of sp³-hybridized carbons (Fsp3) is 0.400. The molecule has 80 valence electrons. The summed E-state index contributed by atoms with van der Waals surface area (Å²) in [4.78, 5) is 28.7. The van der Waals surface area contributed by atoms with Crippen molar-refractivity contribution < 1.29 is 14.7 Å². The molecule has 1 aliphatic rings. The van der Waals surface area contributed by atoms with Crippen molar-refractivity contribution in [1.82, 2.24) is 0 Å². The predicted octanol–water partition coefficient (Wildman–Crippen LogP) is 1.69. The second kappa shape index (κ2) is 3.76. The number of urea groups is 1. The first kappa shape index (κ1) is 11.3. The summed E-state index contributed by atoms with van der Waals surface area (Å²) in [7, 11) is 0. The molecule has 0 aromatic heterocycles. The van der Waals surface area contributed by atoms with Gasteiger partial charge in [-0.15, -0.1) is 0 Å². The zero-order valence-corrected chi connectivity index (χ0v) is 8.81. The van der Waals surface area contributed by atoms with E-state index in [1.54, 1.807) is 0 Å². The summed E-state index contributed by atoms with van der Waals surface area (Å²) in [6, 6.07) is -0.579. The van der Waals surface area contributed by atoms with Gasteiger partial charge in [-0.1, -0.05) is 20.8 Å². The summed E-state index contributed by atoms with van der Waals surface area (Å²) >= 11 is 0. The standard InChI is InChI=1S/C10H12N2O3/c1-10(2,3)8-6(4-5-7(13)14)11-9(15)12-8/h4-5H,1-3H3,(H,13,14). The molecule has 0 aromatic carbocycles. The van der Waals surface area contributed by atoms with Crippen molar-refractivity contribution in [1.29, 1.82) is 0 Å². The molecule has 1 aliphatic heterocycles. The fourth-order valence-electron chi connectivity index (χ4n) is 1.15. The molecule has 0 saturated heterocycles.